The van der Waals surface area contributed by atoms with Crippen molar-refractivity contribution in [2.45, 2.75) is 51.8 Å². The van der Waals surface area contributed by atoms with E-state index >= 15 is 0 Å². The van der Waals surface area contributed by atoms with Crippen LogP contribution in [0.2, 0.25) is 0 Å². The van der Waals surface area contributed by atoms with Crippen LogP contribution in [0.3, 0.4) is 0 Å². The van der Waals surface area contributed by atoms with Crippen LogP contribution in [0.4, 0.5) is 8.78 Å². The first-order valence-corrected chi connectivity index (χ1v) is 13.5. The summed E-state index contributed by atoms with van der Waals surface area (Å²) in [5.41, 5.74) is 1.64. The van der Waals surface area contributed by atoms with Crippen molar-refractivity contribution in [3.8, 4) is 17.6 Å². The molecule has 0 aliphatic carbocycles. The number of hydrogen-bond donors (Lipinski definition) is 3. The monoisotopic (exact) mass is 565 g/mol. The highest BCUT2D eigenvalue weighted by atomic mass is 19.1. The van der Waals surface area contributed by atoms with Crippen LogP contribution in [0, 0.1) is 28.4 Å². The van der Waals surface area contributed by atoms with Gasteiger partial charge >= 0.3 is 0 Å². The minimum Gasteiger partial charge on any atom is -0.493 e. The lowest BCUT2D eigenvalue weighted by Crippen LogP contribution is -2.52. The van der Waals surface area contributed by atoms with Gasteiger partial charge in [-0.15, -0.1) is 0 Å². The molecular formula is C32H37F2N3O4. The van der Waals surface area contributed by atoms with Crippen LogP contribution in [-0.2, 0) is 30.6 Å². The number of halogens is 2. The molecule has 0 saturated heterocycles. The van der Waals surface area contributed by atoms with Crippen molar-refractivity contribution >= 4 is 5.91 Å². The molecule has 0 aliphatic rings. The van der Waals surface area contributed by atoms with Gasteiger partial charge in [0, 0.05) is 19.2 Å². The summed E-state index contributed by atoms with van der Waals surface area (Å²) in [6, 6.07) is 17.4. The second kappa shape index (κ2) is 14.6. The SMILES string of the molecule is CCc1cccc(CNCC(O)C(Cc2cc(F)cc(F)c2)NC(=O)C(C)(C#N)Cc2ccc(OC)c(OC)c2)c1. The first-order valence-electron chi connectivity index (χ1n) is 13.5. The highest BCUT2D eigenvalue weighted by molar-refractivity contribution is 5.85. The van der Waals surface area contributed by atoms with Gasteiger partial charge in [-0.2, -0.15) is 5.26 Å². The minimum atomic E-state index is -1.52. The highest BCUT2D eigenvalue weighted by Gasteiger charge is 2.36. The molecular weight excluding hydrogens is 528 g/mol. The molecule has 0 spiro atoms. The predicted octanol–water partition coefficient (Wildman–Crippen LogP) is 4.49. The molecule has 7 nitrogen and oxygen atoms in total. The van der Waals surface area contributed by atoms with Gasteiger partial charge in [0.05, 0.1) is 32.4 Å². The minimum absolute atomic E-state index is 0.0492. The molecule has 218 valence electrons. The third-order valence-electron chi connectivity index (χ3n) is 6.99. The Morgan fingerprint density at radius 1 is 0.976 bits per heavy atom. The van der Waals surface area contributed by atoms with Gasteiger partial charge in [0.1, 0.15) is 17.0 Å². The van der Waals surface area contributed by atoms with Crippen LogP contribution in [0.25, 0.3) is 0 Å². The number of aliphatic hydroxyl groups excluding tert-OH is 1. The Morgan fingerprint density at radius 3 is 2.29 bits per heavy atom. The third kappa shape index (κ3) is 8.74. The number of methoxy groups -OCH3 is 2. The molecule has 41 heavy (non-hydrogen) atoms. The van der Waals surface area contributed by atoms with Crippen LogP contribution >= 0.6 is 0 Å². The molecule has 0 heterocycles. The van der Waals surface area contributed by atoms with E-state index in [0.717, 1.165) is 30.2 Å². The first-order chi connectivity index (χ1) is 19.6. The van der Waals surface area contributed by atoms with Crippen LogP contribution in [0.1, 0.15) is 36.1 Å². The summed E-state index contributed by atoms with van der Waals surface area (Å²) in [5, 5.41) is 27.1. The average molecular weight is 566 g/mol. The number of benzene rings is 3. The summed E-state index contributed by atoms with van der Waals surface area (Å²) >= 11 is 0. The molecule has 0 saturated carbocycles. The van der Waals surface area contributed by atoms with Gasteiger partial charge in [-0.1, -0.05) is 37.3 Å². The second-order valence-electron chi connectivity index (χ2n) is 10.2. The highest BCUT2D eigenvalue weighted by Crippen LogP contribution is 2.31. The van der Waals surface area contributed by atoms with E-state index in [1.165, 1.54) is 26.7 Å². The fourth-order valence-corrected chi connectivity index (χ4v) is 4.63. The zero-order valence-electron chi connectivity index (χ0n) is 23.8. The molecule has 3 rings (SSSR count). The molecule has 9 heteroatoms. The standard InChI is InChI=1S/C32H37F2N3O4/c1-5-21-7-6-8-23(11-21)18-36-19-28(38)27(14-24-12-25(33)16-26(34)13-24)37-31(39)32(2,20-35)17-22-9-10-29(40-3)30(15-22)41-4/h6-13,15-16,27-28,36,38H,5,14,17-19H2,1-4H3,(H,37,39). The van der Waals surface area contributed by atoms with Gasteiger partial charge in [-0.3, -0.25) is 4.79 Å². The summed E-state index contributed by atoms with van der Waals surface area (Å²) in [6.45, 7) is 4.15. The number of nitrogens with one attached hydrogen (secondary N) is 2. The average Bonchev–Trinajstić information content (AvgIpc) is 2.96. The number of ether oxygens (including phenoxy) is 2. The first kappa shape index (κ1) is 31.5. The van der Waals surface area contributed by atoms with E-state index in [-0.39, 0.29) is 24.9 Å². The zero-order valence-corrected chi connectivity index (χ0v) is 23.8. The van der Waals surface area contributed by atoms with Crippen molar-refractivity contribution < 1.29 is 28.2 Å². The van der Waals surface area contributed by atoms with Gasteiger partial charge in [0.25, 0.3) is 0 Å². The fraction of sp³-hybridized carbons (Fsp3) is 0.375. The number of carbonyl (C=O) groups is 1. The maximum absolute atomic E-state index is 13.9. The lowest BCUT2D eigenvalue weighted by Gasteiger charge is -2.29. The quantitative estimate of drug-likeness (QED) is 0.266. The molecule has 3 N–H and O–H groups in total. The molecule has 3 aromatic carbocycles. The molecule has 3 atom stereocenters. The maximum atomic E-state index is 13.9. The van der Waals surface area contributed by atoms with E-state index < -0.39 is 35.1 Å². The van der Waals surface area contributed by atoms with Crippen molar-refractivity contribution in [2.75, 3.05) is 20.8 Å². The largest absolute Gasteiger partial charge is 0.493 e. The van der Waals surface area contributed by atoms with E-state index in [0.29, 0.717) is 23.6 Å². The Hall–Kier alpha value is -4.00. The van der Waals surface area contributed by atoms with Crippen LogP contribution in [0.5, 0.6) is 11.5 Å². The molecule has 0 aromatic heterocycles. The smallest absolute Gasteiger partial charge is 0.240 e. The topological polar surface area (TPSA) is 104 Å². The predicted molar refractivity (Wildman–Crippen MR) is 152 cm³/mol. The van der Waals surface area contributed by atoms with Crippen molar-refractivity contribution in [1.82, 2.24) is 10.6 Å². The second-order valence-corrected chi connectivity index (χ2v) is 10.2. The van der Waals surface area contributed by atoms with Crippen LogP contribution in [0.15, 0.2) is 60.7 Å². The van der Waals surface area contributed by atoms with Crippen LogP contribution in [-0.4, -0.2) is 43.9 Å². The van der Waals surface area contributed by atoms with Gasteiger partial charge in [0.2, 0.25) is 5.91 Å². The summed E-state index contributed by atoms with van der Waals surface area (Å²) in [5.74, 6) is -1.17. The van der Waals surface area contributed by atoms with Gasteiger partial charge in [-0.05, 0) is 72.7 Å². The van der Waals surface area contributed by atoms with Crippen molar-refractivity contribution in [2.24, 2.45) is 5.41 Å². The number of nitrogens with zero attached hydrogens (tertiary/aromatic N) is 1. The number of nitriles is 1. The lowest BCUT2D eigenvalue weighted by atomic mass is 9.83. The Morgan fingerprint density at radius 2 is 1.66 bits per heavy atom. The van der Waals surface area contributed by atoms with Crippen LogP contribution < -0.4 is 20.1 Å². The van der Waals surface area contributed by atoms with Gasteiger partial charge in [0.15, 0.2) is 11.5 Å². The van der Waals surface area contributed by atoms with Gasteiger partial charge in [-0.25, -0.2) is 8.78 Å². The Kier molecular flexibility index (Phi) is 11.2. The molecule has 0 fully saturated rings. The Balaban J connectivity index is 1.78. The van der Waals surface area contributed by atoms with E-state index in [2.05, 4.69) is 29.7 Å². The molecule has 0 bridgehead atoms. The molecule has 3 aromatic rings. The van der Waals surface area contributed by atoms with Gasteiger partial charge < -0.3 is 25.2 Å². The van der Waals surface area contributed by atoms with Crippen molar-refractivity contribution in [1.29, 1.82) is 5.26 Å². The number of aliphatic hydroxyl groups is 1. The number of amides is 1. The number of aryl methyl sites for hydroxylation is 1. The van der Waals surface area contributed by atoms with E-state index in [4.69, 9.17) is 9.47 Å². The summed E-state index contributed by atoms with van der Waals surface area (Å²) in [6.07, 6.45) is -0.218. The fourth-order valence-electron chi connectivity index (χ4n) is 4.63. The van der Waals surface area contributed by atoms with E-state index in [9.17, 15) is 23.9 Å². The zero-order chi connectivity index (χ0) is 30.0. The Bertz CT molecular complexity index is 1360. The third-order valence-corrected chi connectivity index (χ3v) is 6.99. The van der Waals surface area contributed by atoms with E-state index in [1.54, 1.807) is 18.2 Å². The summed E-state index contributed by atoms with van der Waals surface area (Å²) < 4.78 is 38.5. The number of carbonyl (C=O) groups excluding carboxylic acids is 1. The molecule has 3 unspecified atom stereocenters. The van der Waals surface area contributed by atoms with Crippen molar-refractivity contribution in [3.63, 3.8) is 0 Å². The van der Waals surface area contributed by atoms with E-state index in [1.807, 2.05) is 18.2 Å². The Labute approximate surface area is 240 Å². The molecule has 0 radical (unpaired) electrons. The van der Waals surface area contributed by atoms with Crippen molar-refractivity contribution in [3.05, 3.63) is 94.6 Å². The number of hydrogen-bond acceptors (Lipinski definition) is 6. The molecule has 1 amide bonds. The normalized spacial score (nSPS) is 13.9. The summed E-state index contributed by atoms with van der Waals surface area (Å²) in [7, 11) is 3.01. The molecule has 0 aliphatic heterocycles. The lowest BCUT2D eigenvalue weighted by molar-refractivity contribution is -0.129. The summed E-state index contributed by atoms with van der Waals surface area (Å²) in [4.78, 5) is 13.5. The number of rotatable bonds is 14. The maximum Gasteiger partial charge on any atom is 0.240 e.